The summed E-state index contributed by atoms with van der Waals surface area (Å²) in [5.41, 5.74) is 2.14. The van der Waals surface area contributed by atoms with E-state index in [1.54, 1.807) is 36.6 Å². The van der Waals surface area contributed by atoms with Gasteiger partial charge in [-0.25, -0.2) is 9.79 Å². The molecule has 2 heterocycles. The lowest BCUT2D eigenvalue weighted by Crippen LogP contribution is -2.39. The second-order valence-corrected chi connectivity index (χ2v) is 9.79. The highest BCUT2D eigenvalue weighted by atomic mass is 35.5. The molecule has 0 bridgehead atoms. The van der Waals surface area contributed by atoms with Crippen LogP contribution in [0, 0.1) is 0 Å². The molecule has 0 spiro atoms. The number of rotatable bonds is 6. The predicted molar refractivity (Wildman–Crippen MR) is 145 cm³/mol. The lowest BCUT2D eigenvalue weighted by molar-refractivity contribution is -0.139. The molecule has 3 aromatic carbocycles. The van der Waals surface area contributed by atoms with Gasteiger partial charge < -0.3 is 9.47 Å². The molecule has 0 fully saturated rings. The maximum absolute atomic E-state index is 13.7. The van der Waals surface area contributed by atoms with Crippen LogP contribution in [0.1, 0.15) is 31.0 Å². The van der Waals surface area contributed by atoms with Gasteiger partial charge in [0.05, 0.1) is 28.5 Å². The first-order chi connectivity index (χ1) is 17.9. The largest absolute Gasteiger partial charge is 0.463 e. The van der Waals surface area contributed by atoms with Crippen molar-refractivity contribution in [1.82, 2.24) is 4.57 Å². The van der Waals surface area contributed by atoms with E-state index in [0.29, 0.717) is 42.7 Å². The molecule has 1 atom stereocenters. The zero-order valence-electron chi connectivity index (χ0n) is 20.2. The third kappa shape index (κ3) is 5.14. The van der Waals surface area contributed by atoms with Crippen LogP contribution in [-0.2, 0) is 9.53 Å². The van der Waals surface area contributed by atoms with Gasteiger partial charge in [0, 0.05) is 5.02 Å². The molecule has 0 amide bonds. The summed E-state index contributed by atoms with van der Waals surface area (Å²) < 4.78 is 13.5. The fourth-order valence-corrected chi connectivity index (χ4v) is 5.36. The smallest absolute Gasteiger partial charge is 0.338 e. The Morgan fingerprint density at radius 3 is 2.51 bits per heavy atom. The third-order valence-electron chi connectivity index (χ3n) is 5.84. The molecule has 0 aliphatic carbocycles. The number of esters is 1. The number of hydrogen-bond donors (Lipinski definition) is 0. The SMILES string of the molecule is CCOC(=O)C1=C(C)N=c2s/c(=C\c3ccc(Cl)cc3)c(=O)n2C1c1cccc(Oc2ccccc2)c1. The van der Waals surface area contributed by atoms with Crippen LogP contribution in [0.3, 0.4) is 0 Å². The van der Waals surface area contributed by atoms with Gasteiger partial charge in [-0.05, 0) is 67.4 Å². The van der Waals surface area contributed by atoms with Crippen LogP contribution in [0.25, 0.3) is 6.08 Å². The average Bonchev–Trinajstić information content (AvgIpc) is 3.19. The number of ether oxygens (including phenoxy) is 2. The first-order valence-corrected chi connectivity index (χ1v) is 12.9. The molecule has 1 unspecified atom stereocenters. The van der Waals surface area contributed by atoms with Crippen LogP contribution in [0.4, 0.5) is 0 Å². The van der Waals surface area contributed by atoms with Crippen molar-refractivity contribution in [3.63, 3.8) is 0 Å². The van der Waals surface area contributed by atoms with Crippen molar-refractivity contribution in [3.05, 3.63) is 126 Å². The molecule has 5 rings (SSSR count). The minimum absolute atomic E-state index is 0.209. The van der Waals surface area contributed by atoms with E-state index in [4.69, 9.17) is 21.1 Å². The molecule has 6 nitrogen and oxygen atoms in total. The van der Waals surface area contributed by atoms with Gasteiger partial charge in [0.2, 0.25) is 0 Å². The Morgan fingerprint density at radius 1 is 1.05 bits per heavy atom. The molecule has 8 heteroatoms. The monoisotopic (exact) mass is 530 g/mol. The minimum atomic E-state index is -0.720. The van der Waals surface area contributed by atoms with E-state index in [1.807, 2.05) is 66.7 Å². The molecule has 186 valence electrons. The molecular weight excluding hydrogens is 508 g/mol. The molecule has 1 aliphatic rings. The second kappa shape index (κ2) is 10.6. The van der Waals surface area contributed by atoms with Gasteiger partial charge in [0.1, 0.15) is 11.5 Å². The molecule has 0 saturated heterocycles. The first kappa shape index (κ1) is 24.7. The van der Waals surface area contributed by atoms with Gasteiger partial charge in [-0.2, -0.15) is 0 Å². The van der Waals surface area contributed by atoms with Crippen LogP contribution in [0.2, 0.25) is 5.02 Å². The van der Waals surface area contributed by atoms with Gasteiger partial charge in [0.25, 0.3) is 5.56 Å². The lowest BCUT2D eigenvalue weighted by atomic mass is 9.95. The van der Waals surface area contributed by atoms with E-state index in [2.05, 4.69) is 4.99 Å². The number of para-hydroxylation sites is 1. The van der Waals surface area contributed by atoms with Gasteiger partial charge in [0.15, 0.2) is 4.80 Å². The second-order valence-electron chi connectivity index (χ2n) is 8.34. The summed E-state index contributed by atoms with van der Waals surface area (Å²) in [7, 11) is 0. The number of carbonyl (C=O) groups excluding carboxylic acids is 1. The summed E-state index contributed by atoms with van der Waals surface area (Å²) in [6, 6.07) is 23.3. The number of halogens is 1. The third-order valence-corrected chi connectivity index (χ3v) is 7.07. The number of fused-ring (bicyclic) bond motifs is 1. The molecular formula is C29H23ClN2O4S. The Morgan fingerprint density at radius 2 is 1.78 bits per heavy atom. The summed E-state index contributed by atoms with van der Waals surface area (Å²) in [4.78, 5) is 32.0. The quantitative estimate of drug-likeness (QED) is 0.319. The molecule has 0 N–H and O–H groups in total. The zero-order valence-corrected chi connectivity index (χ0v) is 21.8. The van der Waals surface area contributed by atoms with Crippen molar-refractivity contribution in [2.75, 3.05) is 6.61 Å². The van der Waals surface area contributed by atoms with Crippen molar-refractivity contribution >= 4 is 35.0 Å². The van der Waals surface area contributed by atoms with Crippen molar-refractivity contribution < 1.29 is 14.3 Å². The van der Waals surface area contributed by atoms with E-state index in [1.165, 1.54) is 11.3 Å². The highest BCUT2D eigenvalue weighted by Gasteiger charge is 2.33. The van der Waals surface area contributed by atoms with E-state index in [-0.39, 0.29) is 12.2 Å². The predicted octanol–water partition coefficient (Wildman–Crippen LogP) is 5.24. The fraction of sp³-hybridized carbons (Fsp3) is 0.138. The van der Waals surface area contributed by atoms with Gasteiger partial charge in [-0.1, -0.05) is 65.4 Å². The van der Waals surface area contributed by atoms with Crippen molar-refractivity contribution in [3.8, 4) is 11.5 Å². The zero-order chi connectivity index (χ0) is 25.9. The summed E-state index contributed by atoms with van der Waals surface area (Å²) >= 11 is 7.29. The van der Waals surface area contributed by atoms with Crippen molar-refractivity contribution in [2.45, 2.75) is 19.9 Å². The summed E-state index contributed by atoms with van der Waals surface area (Å²) in [5, 5.41) is 0.617. The van der Waals surface area contributed by atoms with E-state index in [0.717, 1.165) is 5.56 Å². The highest BCUT2D eigenvalue weighted by molar-refractivity contribution is 7.07. The number of allylic oxidation sites excluding steroid dienone is 1. The number of nitrogens with zero attached hydrogens (tertiary/aromatic N) is 2. The number of aromatic nitrogens is 1. The minimum Gasteiger partial charge on any atom is -0.463 e. The van der Waals surface area contributed by atoms with Crippen LogP contribution in [0.5, 0.6) is 11.5 Å². The summed E-state index contributed by atoms with van der Waals surface area (Å²) in [6.07, 6.45) is 1.80. The molecule has 1 aliphatic heterocycles. The molecule has 0 saturated carbocycles. The number of thiazole rings is 1. The van der Waals surface area contributed by atoms with E-state index < -0.39 is 12.0 Å². The molecule has 37 heavy (non-hydrogen) atoms. The Kier molecular flexibility index (Phi) is 7.08. The number of benzene rings is 3. The van der Waals surface area contributed by atoms with E-state index in [9.17, 15) is 9.59 Å². The Labute approximate surface area is 222 Å². The van der Waals surface area contributed by atoms with Gasteiger partial charge in [-0.15, -0.1) is 0 Å². The lowest BCUT2D eigenvalue weighted by Gasteiger charge is -2.25. The first-order valence-electron chi connectivity index (χ1n) is 11.7. The maximum Gasteiger partial charge on any atom is 0.338 e. The average molecular weight is 531 g/mol. The number of carbonyl (C=O) groups is 1. The maximum atomic E-state index is 13.7. The van der Waals surface area contributed by atoms with Crippen LogP contribution >= 0.6 is 22.9 Å². The summed E-state index contributed by atoms with van der Waals surface area (Å²) in [6.45, 7) is 3.72. The molecule has 4 aromatic rings. The normalized spacial score (nSPS) is 15.2. The van der Waals surface area contributed by atoms with Crippen LogP contribution in [0.15, 0.2) is 99.9 Å². The van der Waals surface area contributed by atoms with Crippen LogP contribution < -0.4 is 19.6 Å². The topological polar surface area (TPSA) is 69.9 Å². The van der Waals surface area contributed by atoms with Gasteiger partial charge >= 0.3 is 5.97 Å². The Bertz CT molecular complexity index is 1670. The Hall–Kier alpha value is -3.94. The standard InChI is InChI=1S/C29H23ClN2O4S/c1-3-35-28(34)25-18(2)31-29-32(27(33)24(37-29)16-19-12-14-21(30)15-13-19)26(25)20-8-7-11-23(17-20)36-22-9-5-4-6-10-22/h4-17,26H,3H2,1-2H3/b24-16-. The summed E-state index contributed by atoms with van der Waals surface area (Å²) in [5.74, 6) is 0.767. The Balaban J connectivity index is 1.66. The molecule has 1 aromatic heterocycles. The van der Waals surface area contributed by atoms with Crippen molar-refractivity contribution in [2.24, 2.45) is 4.99 Å². The molecule has 0 radical (unpaired) electrons. The van der Waals surface area contributed by atoms with Crippen LogP contribution in [-0.4, -0.2) is 17.1 Å². The van der Waals surface area contributed by atoms with E-state index >= 15 is 0 Å². The van der Waals surface area contributed by atoms with Crippen molar-refractivity contribution in [1.29, 1.82) is 0 Å². The highest BCUT2D eigenvalue weighted by Crippen LogP contribution is 2.33. The fourth-order valence-electron chi connectivity index (χ4n) is 4.19. The number of hydrogen-bond acceptors (Lipinski definition) is 6. The van der Waals surface area contributed by atoms with Gasteiger partial charge in [-0.3, -0.25) is 9.36 Å².